The molecule has 2 aromatic carbocycles. The lowest BCUT2D eigenvalue weighted by molar-refractivity contribution is -0.562. The molecule has 0 aliphatic heterocycles. The highest BCUT2D eigenvalue weighted by Gasteiger charge is 2.15. The van der Waals surface area contributed by atoms with Crippen LogP contribution in [-0.4, -0.2) is 0 Å². The lowest BCUT2D eigenvalue weighted by Crippen LogP contribution is -2.27. The molecule has 16 heavy (non-hydrogen) atoms. The average molecular weight is 244 g/mol. The Balaban J connectivity index is 2.30. The number of nitrogens with zero attached hydrogens (tertiary/aromatic N) is 1. The van der Waals surface area contributed by atoms with Gasteiger partial charge in [-0.25, -0.2) is 0 Å². The highest BCUT2D eigenvalue weighted by atomic mass is 32.1. The zero-order valence-corrected chi connectivity index (χ0v) is 10.2. The molecular formula is C13H10NS2+. The van der Waals surface area contributed by atoms with Crippen LogP contribution in [0.15, 0.2) is 58.9 Å². The van der Waals surface area contributed by atoms with Gasteiger partial charge in [-0.1, -0.05) is 35.6 Å². The molecule has 0 radical (unpaired) electrons. The molecule has 0 saturated heterocycles. The van der Waals surface area contributed by atoms with Crippen molar-refractivity contribution in [2.75, 3.05) is 0 Å². The van der Waals surface area contributed by atoms with Crippen molar-refractivity contribution in [1.82, 2.24) is 0 Å². The van der Waals surface area contributed by atoms with Gasteiger partial charge in [0.15, 0.2) is 0 Å². The quantitative estimate of drug-likeness (QED) is 0.493. The van der Waals surface area contributed by atoms with Gasteiger partial charge >= 0.3 is 0 Å². The maximum absolute atomic E-state index is 4.47. The Kier molecular flexibility index (Phi) is 2.42. The largest absolute Gasteiger partial charge is 0.231 e. The van der Waals surface area contributed by atoms with Crippen LogP contribution in [0.5, 0.6) is 0 Å². The van der Waals surface area contributed by atoms with Crippen molar-refractivity contribution in [3.05, 3.63) is 54.0 Å². The highest BCUT2D eigenvalue weighted by molar-refractivity contribution is 7.80. The second-order valence-corrected chi connectivity index (χ2v) is 4.89. The van der Waals surface area contributed by atoms with Crippen molar-refractivity contribution in [3.8, 4) is 5.69 Å². The molecule has 78 valence electrons. The van der Waals surface area contributed by atoms with Crippen LogP contribution < -0.4 is 4.57 Å². The van der Waals surface area contributed by atoms with Crippen LogP contribution in [-0.2, 0) is 0 Å². The fourth-order valence-electron chi connectivity index (χ4n) is 1.77. The second-order valence-electron chi connectivity index (χ2n) is 3.55. The number of benzene rings is 2. The highest BCUT2D eigenvalue weighted by Crippen LogP contribution is 2.24. The van der Waals surface area contributed by atoms with Crippen LogP contribution in [0.3, 0.4) is 0 Å². The molecule has 0 unspecified atom stereocenters. The third kappa shape index (κ3) is 1.52. The summed E-state index contributed by atoms with van der Waals surface area (Å²) in [6.07, 6.45) is 0. The number of hydrogen-bond donors (Lipinski definition) is 1. The van der Waals surface area contributed by atoms with Gasteiger partial charge in [-0.3, -0.25) is 0 Å². The van der Waals surface area contributed by atoms with E-state index < -0.39 is 0 Å². The first-order valence-corrected chi connectivity index (χ1v) is 6.35. The van der Waals surface area contributed by atoms with E-state index in [-0.39, 0.29) is 0 Å². The summed E-state index contributed by atoms with van der Waals surface area (Å²) < 4.78 is 3.43. The van der Waals surface area contributed by atoms with E-state index >= 15 is 0 Å². The molecular weight excluding hydrogens is 234 g/mol. The topological polar surface area (TPSA) is 3.88 Å². The van der Waals surface area contributed by atoms with Gasteiger partial charge in [-0.15, -0.1) is 17.2 Å². The number of thiol groups is 1. The lowest BCUT2D eigenvalue weighted by atomic mass is 10.3. The molecule has 0 saturated carbocycles. The maximum atomic E-state index is 4.47. The summed E-state index contributed by atoms with van der Waals surface area (Å²) in [6.45, 7) is 0. The van der Waals surface area contributed by atoms with Crippen molar-refractivity contribution >= 4 is 34.2 Å². The molecule has 0 fully saturated rings. The van der Waals surface area contributed by atoms with Crippen LogP contribution in [0.4, 0.5) is 0 Å². The molecule has 1 heterocycles. The number of fused-ring (bicyclic) bond motifs is 1. The Bertz CT molecular complexity index is 629. The SMILES string of the molecule is Sc1cccc2c1sc[n+]2-c1ccccc1. The van der Waals surface area contributed by atoms with Crippen LogP contribution >= 0.6 is 24.0 Å². The minimum absolute atomic E-state index is 1.04. The molecule has 0 amide bonds. The van der Waals surface area contributed by atoms with E-state index in [4.69, 9.17) is 0 Å². The predicted octanol–water partition coefficient (Wildman–Crippen LogP) is 3.47. The smallest absolute Gasteiger partial charge is 0.150 e. The van der Waals surface area contributed by atoms with E-state index in [1.165, 1.54) is 15.9 Å². The van der Waals surface area contributed by atoms with E-state index in [9.17, 15) is 0 Å². The number of thiazole rings is 1. The zero-order valence-electron chi connectivity index (χ0n) is 8.50. The van der Waals surface area contributed by atoms with Crippen molar-refractivity contribution in [2.24, 2.45) is 0 Å². The normalized spacial score (nSPS) is 10.8. The molecule has 0 aliphatic rings. The van der Waals surface area contributed by atoms with Gasteiger partial charge in [0.1, 0.15) is 4.70 Å². The number of para-hydroxylation sites is 1. The third-order valence-electron chi connectivity index (χ3n) is 2.54. The molecule has 0 N–H and O–H groups in total. The van der Waals surface area contributed by atoms with Gasteiger partial charge in [-0.2, -0.15) is 0 Å². The van der Waals surface area contributed by atoms with Crippen molar-refractivity contribution < 1.29 is 4.57 Å². The first kappa shape index (κ1) is 9.87. The van der Waals surface area contributed by atoms with Crippen LogP contribution in [0.2, 0.25) is 0 Å². The molecule has 0 atom stereocenters. The van der Waals surface area contributed by atoms with Crippen LogP contribution in [0.1, 0.15) is 0 Å². The molecule has 3 heteroatoms. The van der Waals surface area contributed by atoms with Gasteiger partial charge in [0.05, 0.1) is 0 Å². The van der Waals surface area contributed by atoms with Crippen molar-refractivity contribution in [3.63, 3.8) is 0 Å². The Morgan fingerprint density at radius 1 is 0.938 bits per heavy atom. The minimum atomic E-state index is 1.04. The van der Waals surface area contributed by atoms with Gasteiger partial charge in [0, 0.05) is 23.1 Å². The van der Waals surface area contributed by atoms with Crippen LogP contribution in [0.25, 0.3) is 15.9 Å². The fourth-order valence-corrected chi connectivity index (χ4v) is 3.05. The molecule has 0 aliphatic carbocycles. The molecule has 1 aromatic heterocycles. The molecule has 1 nitrogen and oxygen atoms in total. The summed E-state index contributed by atoms with van der Waals surface area (Å²) in [5.41, 5.74) is 4.52. The lowest BCUT2D eigenvalue weighted by Gasteiger charge is -1.93. The number of aromatic nitrogens is 1. The van der Waals surface area contributed by atoms with Gasteiger partial charge in [-0.05, 0) is 6.07 Å². The molecule has 0 bridgehead atoms. The summed E-state index contributed by atoms with van der Waals surface area (Å²) in [4.78, 5) is 1.04. The molecule has 0 spiro atoms. The Labute approximate surface area is 103 Å². The number of hydrogen-bond acceptors (Lipinski definition) is 2. The van der Waals surface area contributed by atoms with E-state index in [1.54, 1.807) is 11.3 Å². The second kappa shape index (κ2) is 3.92. The maximum Gasteiger partial charge on any atom is 0.231 e. The minimum Gasteiger partial charge on any atom is -0.150 e. The number of rotatable bonds is 1. The van der Waals surface area contributed by atoms with E-state index in [0.29, 0.717) is 0 Å². The summed E-state index contributed by atoms with van der Waals surface area (Å²) in [7, 11) is 0. The third-order valence-corrected chi connectivity index (χ3v) is 4.05. The summed E-state index contributed by atoms with van der Waals surface area (Å²) in [5, 5.41) is 0. The summed E-state index contributed by atoms with van der Waals surface area (Å²) in [5.74, 6) is 0. The monoisotopic (exact) mass is 244 g/mol. The van der Waals surface area contributed by atoms with Gasteiger partial charge in [0.25, 0.3) is 0 Å². The molecule has 3 rings (SSSR count). The van der Waals surface area contributed by atoms with Crippen LogP contribution in [0, 0.1) is 0 Å². The van der Waals surface area contributed by atoms with Gasteiger partial charge in [0.2, 0.25) is 16.7 Å². The fraction of sp³-hybridized carbons (Fsp3) is 0. The van der Waals surface area contributed by atoms with E-state index in [2.05, 4.69) is 53.0 Å². The standard InChI is InChI=1S/C13H9NS2/c15-12-8-4-7-11-13(12)16-9-14(11)10-5-2-1-3-6-10/h1-9H/p+1. The first-order valence-electron chi connectivity index (χ1n) is 5.02. The average Bonchev–Trinajstić information content (AvgIpc) is 2.75. The van der Waals surface area contributed by atoms with Crippen molar-refractivity contribution in [2.45, 2.75) is 4.90 Å². The zero-order chi connectivity index (χ0) is 11.0. The van der Waals surface area contributed by atoms with Crippen molar-refractivity contribution in [1.29, 1.82) is 0 Å². The Hall–Kier alpha value is -1.32. The Morgan fingerprint density at radius 2 is 1.75 bits per heavy atom. The predicted molar refractivity (Wildman–Crippen MR) is 70.6 cm³/mol. The summed E-state index contributed by atoms with van der Waals surface area (Å²) in [6, 6.07) is 16.5. The Morgan fingerprint density at radius 3 is 2.56 bits per heavy atom. The first-order chi connectivity index (χ1) is 7.86. The van der Waals surface area contributed by atoms with Gasteiger partial charge < -0.3 is 0 Å². The van der Waals surface area contributed by atoms with E-state index in [1.807, 2.05) is 18.2 Å². The van der Waals surface area contributed by atoms with E-state index in [0.717, 1.165) is 4.90 Å². The summed E-state index contributed by atoms with van der Waals surface area (Å²) >= 11 is 6.20. The molecule has 3 aromatic rings.